The summed E-state index contributed by atoms with van der Waals surface area (Å²) in [4.78, 5) is 29.3. The van der Waals surface area contributed by atoms with Crippen molar-refractivity contribution < 1.29 is 18.7 Å². The van der Waals surface area contributed by atoms with Gasteiger partial charge in [-0.15, -0.1) is 6.58 Å². The van der Waals surface area contributed by atoms with Crippen LogP contribution in [0.15, 0.2) is 61.2 Å². The lowest BCUT2D eigenvalue weighted by molar-refractivity contribution is -0.134. The van der Waals surface area contributed by atoms with E-state index in [4.69, 9.17) is 4.74 Å². The number of methoxy groups -OCH3 is 1. The molecule has 0 N–H and O–H groups in total. The van der Waals surface area contributed by atoms with Crippen molar-refractivity contribution in [2.24, 2.45) is 5.92 Å². The second-order valence-corrected chi connectivity index (χ2v) is 7.76. The summed E-state index contributed by atoms with van der Waals surface area (Å²) in [5.74, 6) is -0.573. The van der Waals surface area contributed by atoms with Gasteiger partial charge in [0.15, 0.2) is 0 Å². The molecule has 6 heteroatoms. The molecule has 2 aromatic rings. The number of hydrogen-bond acceptors (Lipinski definition) is 3. The number of benzene rings is 2. The predicted molar refractivity (Wildman–Crippen MR) is 119 cm³/mol. The van der Waals surface area contributed by atoms with Gasteiger partial charge in [-0.25, -0.2) is 4.39 Å². The molecule has 0 radical (unpaired) electrons. The fraction of sp³-hybridized carbons (Fsp3) is 0.360. The van der Waals surface area contributed by atoms with Crippen molar-refractivity contribution in [1.82, 2.24) is 9.80 Å². The van der Waals surface area contributed by atoms with Gasteiger partial charge in [0.25, 0.3) is 0 Å². The molecule has 1 unspecified atom stereocenters. The van der Waals surface area contributed by atoms with Crippen LogP contribution in [0.3, 0.4) is 0 Å². The number of carbonyl (C=O) groups is 2. The standard InChI is InChI=1S/C25H29FN2O3/c1-3-12-27-13-14-28(24(29)11-15-31-2)18-22(25(27)30)17-19-5-4-6-21(16-19)20-7-9-23(26)10-8-20/h3-10,16,22H,1,11-15,17-18H2,2H3. The largest absolute Gasteiger partial charge is 0.384 e. The molecule has 0 bridgehead atoms. The van der Waals surface area contributed by atoms with Crippen LogP contribution in [0.4, 0.5) is 4.39 Å². The van der Waals surface area contributed by atoms with E-state index >= 15 is 0 Å². The minimum Gasteiger partial charge on any atom is -0.384 e. The van der Waals surface area contributed by atoms with E-state index in [1.54, 1.807) is 35.1 Å². The SMILES string of the molecule is C=CCN1CCN(C(=O)CCOC)CC(Cc2cccc(-c3ccc(F)cc3)c2)C1=O. The van der Waals surface area contributed by atoms with Crippen molar-refractivity contribution in [2.45, 2.75) is 12.8 Å². The summed E-state index contributed by atoms with van der Waals surface area (Å²) < 4.78 is 18.3. The van der Waals surface area contributed by atoms with Crippen LogP contribution in [-0.2, 0) is 20.7 Å². The Morgan fingerprint density at radius 1 is 1.19 bits per heavy atom. The van der Waals surface area contributed by atoms with Crippen LogP contribution in [0.5, 0.6) is 0 Å². The zero-order valence-electron chi connectivity index (χ0n) is 17.9. The third-order valence-electron chi connectivity index (χ3n) is 5.55. The van der Waals surface area contributed by atoms with Gasteiger partial charge in [-0.3, -0.25) is 9.59 Å². The fourth-order valence-corrected chi connectivity index (χ4v) is 3.91. The molecule has 1 saturated heterocycles. The Bertz CT molecular complexity index is 913. The van der Waals surface area contributed by atoms with E-state index in [0.717, 1.165) is 16.7 Å². The first-order valence-corrected chi connectivity index (χ1v) is 10.5. The Labute approximate surface area is 183 Å². The summed E-state index contributed by atoms with van der Waals surface area (Å²) in [7, 11) is 1.57. The van der Waals surface area contributed by atoms with Crippen molar-refractivity contribution in [3.05, 3.63) is 72.6 Å². The van der Waals surface area contributed by atoms with Gasteiger partial charge >= 0.3 is 0 Å². The van der Waals surface area contributed by atoms with Gasteiger partial charge in [0.05, 0.1) is 18.9 Å². The van der Waals surface area contributed by atoms with Crippen molar-refractivity contribution in [1.29, 1.82) is 0 Å². The molecule has 1 heterocycles. The highest BCUT2D eigenvalue weighted by Gasteiger charge is 2.31. The average Bonchev–Trinajstić information content (AvgIpc) is 2.93. The number of nitrogens with zero attached hydrogens (tertiary/aromatic N) is 2. The smallest absolute Gasteiger partial charge is 0.228 e. The number of ether oxygens (including phenoxy) is 1. The van der Waals surface area contributed by atoms with Gasteiger partial charge in [0.1, 0.15) is 5.82 Å². The molecule has 164 valence electrons. The summed E-state index contributed by atoms with van der Waals surface area (Å²) in [5, 5.41) is 0. The Morgan fingerprint density at radius 3 is 2.68 bits per heavy atom. The topological polar surface area (TPSA) is 49.9 Å². The number of hydrogen-bond donors (Lipinski definition) is 0. The third-order valence-corrected chi connectivity index (χ3v) is 5.55. The van der Waals surface area contributed by atoms with Crippen LogP contribution in [-0.4, -0.2) is 61.5 Å². The Morgan fingerprint density at radius 2 is 1.97 bits per heavy atom. The maximum atomic E-state index is 13.3. The molecule has 0 spiro atoms. The van der Waals surface area contributed by atoms with Gasteiger partial charge in [0, 0.05) is 33.3 Å². The zero-order chi connectivity index (χ0) is 22.2. The second-order valence-electron chi connectivity index (χ2n) is 7.76. The van der Waals surface area contributed by atoms with Crippen LogP contribution in [0.2, 0.25) is 0 Å². The van der Waals surface area contributed by atoms with Crippen molar-refractivity contribution in [3.63, 3.8) is 0 Å². The monoisotopic (exact) mass is 424 g/mol. The molecule has 31 heavy (non-hydrogen) atoms. The van der Waals surface area contributed by atoms with E-state index in [1.807, 2.05) is 24.3 Å². The summed E-state index contributed by atoms with van der Waals surface area (Å²) in [6, 6.07) is 14.3. The maximum absolute atomic E-state index is 13.3. The van der Waals surface area contributed by atoms with Crippen LogP contribution < -0.4 is 0 Å². The van der Waals surface area contributed by atoms with E-state index in [-0.39, 0.29) is 23.5 Å². The lowest BCUT2D eigenvalue weighted by Crippen LogP contribution is -2.38. The normalized spacial score (nSPS) is 16.8. The first-order valence-electron chi connectivity index (χ1n) is 10.5. The van der Waals surface area contributed by atoms with Crippen molar-refractivity contribution in [2.75, 3.05) is 39.9 Å². The molecule has 3 rings (SSSR count). The molecule has 1 aliphatic rings. The molecule has 2 aromatic carbocycles. The Hall–Kier alpha value is -2.99. The Balaban J connectivity index is 1.81. The molecule has 1 aliphatic heterocycles. The molecular formula is C25H29FN2O3. The summed E-state index contributed by atoms with van der Waals surface area (Å²) in [5.41, 5.74) is 2.89. The van der Waals surface area contributed by atoms with E-state index < -0.39 is 0 Å². The predicted octanol–water partition coefficient (Wildman–Crippen LogP) is 3.54. The number of carbonyl (C=O) groups excluding carboxylic acids is 2. The van der Waals surface area contributed by atoms with Crippen molar-refractivity contribution in [3.8, 4) is 11.1 Å². The van der Waals surface area contributed by atoms with Gasteiger partial charge < -0.3 is 14.5 Å². The maximum Gasteiger partial charge on any atom is 0.228 e. The highest BCUT2D eigenvalue weighted by atomic mass is 19.1. The van der Waals surface area contributed by atoms with E-state index in [9.17, 15) is 14.0 Å². The quantitative estimate of drug-likeness (QED) is 0.609. The summed E-state index contributed by atoms with van der Waals surface area (Å²) in [6.07, 6.45) is 2.54. The van der Waals surface area contributed by atoms with Crippen LogP contribution in [0, 0.1) is 11.7 Å². The first kappa shape index (κ1) is 22.7. The molecule has 0 aromatic heterocycles. The van der Waals surface area contributed by atoms with Crippen molar-refractivity contribution >= 4 is 11.8 Å². The zero-order valence-corrected chi connectivity index (χ0v) is 17.9. The number of amides is 2. The molecule has 0 saturated carbocycles. The van der Waals surface area contributed by atoms with E-state index in [1.165, 1.54) is 12.1 Å². The molecule has 5 nitrogen and oxygen atoms in total. The van der Waals surface area contributed by atoms with Gasteiger partial charge in [-0.1, -0.05) is 42.5 Å². The van der Waals surface area contributed by atoms with Gasteiger partial charge in [-0.05, 0) is 35.2 Å². The molecule has 2 amide bonds. The van der Waals surface area contributed by atoms with Gasteiger partial charge in [-0.2, -0.15) is 0 Å². The average molecular weight is 425 g/mol. The Kier molecular flexibility index (Phi) is 7.95. The van der Waals surface area contributed by atoms with Crippen LogP contribution >= 0.6 is 0 Å². The lowest BCUT2D eigenvalue weighted by Gasteiger charge is -2.24. The lowest BCUT2D eigenvalue weighted by atomic mass is 9.94. The molecule has 0 aliphatic carbocycles. The van der Waals surface area contributed by atoms with Crippen LogP contribution in [0.25, 0.3) is 11.1 Å². The third kappa shape index (κ3) is 6.01. The van der Waals surface area contributed by atoms with E-state index in [2.05, 4.69) is 6.58 Å². The molecule has 1 atom stereocenters. The second kappa shape index (κ2) is 10.9. The number of rotatable bonds is 8. The highest BCUT2D eigenvalue weighted by Crippen LogP contribution is 2.24. The van der Waals surface area contributed by atoms with E-state index in [0.29, 0.717) is 45.6 Å². The highest BCUT2D eigenvalue weighted by molar-refractivity contribution is 5.82. The first-order chi connectivity index (χ1) is 15.0. The minimum absolute atomic E-state index is 0.000154. The molecule has 1 fully saturated rings. The number of halogens is 1. The summed E-state index contributed by atoms with van der Waals surface area (Å²) >= 11 is 0. The minimum atomic E-state index is -0.336. The van der Waals surface area contributed by atoms with Crippen LogP contribution in [0.1, 0.15) is 12.0 Å². The van der Waals surface area contributed by atoms with Gasteiger partial charge in [0.2, 0.25) is 11.8 Å². The molecular weight excluding hydrogens is 395 g/mol. The fourth-order valence-electron chi connectivity index (χ4n) is 3.91. The summed E-state index contributed by atoms with van der Waals surface area (Å²) in [6.45, 7) is 5.97.